The molecule has 2 rings (SSSR count). The first-order valence-electron chi connectivity index (χ1n) is 4.92. The number of methoxy groups -OCH3 is 1. The van der Waals surface area contributed by atoms with Crippen molar-refractivity contribution >= 4 is 17.6 Å². The lowest BCUT2D eigenvalue weighted by Gasteiger charge is -2.05. The number of hydrogen-bond donors (Lipinski definition) is 0. The molecular formula is C12H10FNO2S. The predicted molar refractivity (Wildman–Crippen MR) is 64.2 cm³/mol. The molecule has 3 nitrogen and oxygen atoms in total. The maximum atomic E-state index is 13.2. The number of benzene rings is 1. The van der Waals surface area contributed by atoms with Crippen LogP contribution >= 0.6 is 11.3 Å². The molecule has 0 fully saturated rings. The lowest BCUT2D eigenvalue weighted by atomic mass is 10.2. The SMILES string of the molecule is COc1ccc(F)cc1-c1nc(C=O)c(C)s1. The molecule has 0 aliphatic carbocycles. The largest absolute Gasteiger partial charge is 0.496 e. The van der Waals surface area contributed by atoms with Crippen LogP contribution in [0.15, 0.2) is 18.2 Å². The zero-order chi connectivity index (χ0) is 12.4. The Morgan fingerprint density at radius 1 is 1.47 bits per heavy atom. The first-order valence-corrected chi connectivity index (χ1v) is 5.74. The van der Waals surface area contributed by atoms with Crippen LogP contribution in [-0.4, -0.2) is 18.4 Å². The highest BCUT2D eigenvalue weighted by atomic mass is 32.1. The molecule has 88 valence electrons. The van der Waals surface area contributed by atoms with Crippen molar-refractivity contribution in [1.29, 1.82) is 0 Å². The molecule has 0 aliphatic heterocycles. The van der Waals surface area contributed by atoms with E-state index in [-0.39, 0.29) is 5.82 Å². The van der Waals surface area contributed by atoms with Gasteiger partial charge in [0.2, 0.25) is 0 Å². The summed E-state index contributed by atoms with van der Waals surface area (Å²) < 4.78 is 18.4. The number of aromatic nitrogens is 1. The van der Waals surface area contributed by atoms with Gasteiger partial charge in [0.1, 0.15) is 22.3 Å². The van der Waals surface area contributed by atoms with Crippen molar-refractivity contribution in [3.8, 4) is 16.3 Å². The van der Waals surface area contributed by atoms with E-state index in [9.17, 15) is 9.18 Å². The van der Waals surface area contributed by atoms with Gasteiger partial charge in [-0.3, -0.25) is 4.79 Å². The monoisotopic (exact) mass is 251 g/mol. The lowest BCUT2D eigenvalue weighted by molar-refractivity contribution is 0.111. The third-order valence-corrected chi connectivity index (χ3v) is 3.36. The van der Waals surface area contributed by atoms with E-state index in [1.165, 1.54) is 30.6 Å². The summed E-state index contributed by atoms with van der Waals surface area (Å²) in [4.78, 5) is 15.7. The number of aryl methyl sites for hydroxylation is 1. The molecule has 0 amide bonds. The highest BCUT2D eigenvalue weighted by Crippen LogP contribution is 2.34. The highest BCUT2D eigenvalue weighted by molar-refractivity contribution is 7.15. The third-order valence-electron chi connectivity index (χ3n) is 2.34. The maximum Gasteiger partial charge on any atom is 0.169 e. The summed E-state index contributed by atoms with van der Waals surface area (Å²) >= 11 is 1.34. The topological polar surface area (TPSA) is 39.2 Å². The molecule has 0 unspecified atom stereocenters. The number of rotatable bonds is 3. The second-order valence-electron chi connectivity index (χ2n) is 3.42. The molecule has 0 N–H and O–H groups in total. The Bertz CT molecular complexity index is 566. The summed E-state index contributed by atoms with van der Waals surface area (Å²) in [6.45, 7) is 1.80. The van der Waals surface area contributed by atoms with Gasteiger partial charge < -0.3 is 4.74 Å². The van der Waals surface area contributed by atoms with Gasteiger partial charge in [0.25, 0.3) is 0 Å². The Kier molecular flexibility index (Phi) is 3.19. The van der Waals surface area contributed by atoms with E-state index in [1.807, 2.05) is 0 Å². The Hall–Kier alpha value is -1.75. The van der Waals surface area contributed by atoms with E-state index in [4.69, 9.17) is 4.74 Å². The van der Waals surface area contributed by atoms with Crippen LogP contribution in [0.4, 0.5) is 4.39 Å². The molecule has 1 heterocycles. The molecular weight excluding hydrogens is 241 g/mol. The average Bonchev–Trinajstić information content (AvgIpc) is 2.70. The standard InChI is InChI=1S/C12H10FNO2S/c1-7-10(6-15)14-12(17-7)9-5-8(13)3-4-11(9)16-2/h3-6H,1-2H3. The van der Waals surface area contributed by atoms with E-state index in [0.29, 0.717) is 28.3 Å². The number of aldehydes is 1. The predicted octanol–water partition coefficient (Wildman–Crippen LogP) is 3.08. The molecule has 0 atom stereocenters. The molecule has 0 bridgehead atoms. The summed E-state index contributed by atoms with van der Waals surface area (Å²) in [5.41, 5.74) is 0.949. The minimum atomic E-state index is -0.360. The molecule has 0 saturated carbocycles. The summed E-state index contributed by atoms with van der Waals surface area (Å²) in [7, 11) is 1.51. The van der Waals surface area contributed by atoms with Crippen LogP contribution in [0.1, 0.15) is 15.4 Å². The summed E-state index contributed by atoms with van der Waals surface area (Å²) in [5.74, 6) is 0.180. The smallest absolute Gasteiger partial charge is 0.169 e. The second-order valence-corrected chi connectivity index (χ2v) is 4.63. The molecule has 0 radical (unpaired) electrons. The Morgan fingerprint density at radius 3 is 2.82 bits per heavy atom. The minimum absolute atomic E-state index is 0.360. The lowest BCUT2D eigenvalue weighted by Crippen LogP contribution is -1.89. The zero-order valence-electron chi connectivity index (χ0n) is 9.36. The fraction of sp³-hybridized carbons (Fsp3) is 0.167. The van der Waals surface area contributed by atoms with Crippen LogP contribution in [-0.2, 0) is 0 Å². The molecule has 5 heteroatoms. The van der Waals surface area contributed by atoms with E-state index in [1.54, 1.807) is 13.0 Å². The van der Waals surface area contributed by atoms with Crippen LogP contribution < -0.4 is 4.74 Å². The first-order chi connectivity index (χ1) is 8.15. The van der Waals surface area contributed by atoms with Gasteiger partial charge in [-0.1, -0.05) is 0 Å². The van der Waals surface area contributed by atoms with Crippen LogP contribution in [0, 0.1) is 12.7 Å². The van der Waals surface area contributed by atoms with Crippen molar-refractivity contribution < 1.29 is 13.9 Å². The van der Waals surface area contributed by atoms with Crippen molar-refractivity contribution in [2.75, 3.05) is 7.11 Å². The quantitative estimate of drug-likeness (QED) is 0.787. The first kappa shape index (κ1) is 11.7. The molecule has 0 spiro atoms. The zero-order valence-corrected chi connectivity index (χ0v) is 10.2. The summed E-state index contributed by atoms with van der Waals surface area (Å²) in [5, 5.41) is 0.584. The Balaban J connectivity index is 2.58. The molecule has 2 aromatic rings. The third kappa shape index (κ3) is 2.19. The van der Waals surface area contributed by atoms with Gasteiger partial charge >= 0.3 is 0 Å². The van der Waals surface area contributed by atoms with Gasteiger partial charge in [-0.25, -0.2) is 9.37 Å². The summed E-state index contributed by atoms with van der Waals surface area (Å²) in [6.07, 6.45) is 0.696. The highest BCUT2D eigenvalue weighted by Gasteiger charge is 2.13. The van der Waals surface area contributed by atoms with Gasteiger partial charge in [0.05, 0.1) is 12.7 Å². The van der Waals surface area contributed by atoms with Crippen LogP contribution in [0.3, 0.4) is 0 Å². The second kappa shape index (κ2) is 4.63. The average molecular weight is 251 g/mol. The van der Waals surface area contributed by atoms with Crippen LogP contribution in [0.25, 0.3) is 10.6 Å². The van der Waals surface area contributed by atoms with E-state index < -0.39 is 0 Å². The number of carbonyl (C=O) groups is 1. The van der Waals surface area contributed by atoms with Crippen molar-refractivity contribution in [2.45, 2.75) is 6.92 Å². The van der Waals surface area contributed by atoms with Crippen molar-refractivity contribution in [3.63, 3.8) is 0 Å². The molecule has 0 aliphatic rings. The number of halogens is 1. The number of nitrogens with zero attached hydrogens (tertiary/aromatic N) is 1. The van der Waals surface area contributed by atoms with E-state index in [2.05, 4.69) is 4.98 Å². The fourth-order valence-corrected chi connectivity index (χ4v) is 2.38. The number of carbonyl (C=O) groups excluding carboxylic acids is 1. The maximum absolute atomic E-state index is 13.2. The Labute approximate surface area is 102 Å². The number of hydrogen-bond acceptors (Lipinski definition) is 4. The molecule has 1 aromatic heterocycles. The minimum Gasteiger partial charge on any atom is -0.496 e. The van der Waals surface area contributed by atoms with Gasteiger partial charge in [-0.2, -0.15) is 0 Å². The number of ether oxygens (including phenoxy) is 1. The fourth-order valence-electron chi connectivity index (χ4n) is 1.48. The van der Waals surface area contributed by atoms with Crippen molar-refractivity contribution in [2.24, 2.45) is 0 Å². The van der Waals surface area contributed by atoms with Crippen LogP contribution in [0.2, 0.25) is 0 Å². The molecule has 0 saturated heterocycles. The van der Waals surface area contributed by atoms with Crippen molar-refractivity contribution in [1.82, 2.24) is 4.98 Å². The van der Waals surface area contributed by atoms with Gasteiger partial charge in [-0.05, 0) is 25.1 Å². The van der Waals surface area contributed by atoms with Gasteiger partial charge in [0, 0.05) is 4.88 Å². The normalized spacial score (nSPS) is 10.3. The molecule has 1 aromatic carbocycles. The van der Waals surface area contributed by atoms with Crippen molar-refractivity contribution in [3.05, 3.63) is 34.6 Å². The van der Waals surface area contributed by atoms with Gasteiger partial charge in [-0.15, -0.1) is 11.3 Å². The molecule has 17 heavy (non-hydrogen) atoms. The summed E-state index contributed by atoms with van der Waals surface area (Å²) in [6, 6.07) is 4.22. The van der Waals surface area contributed by atoms with Crippen LogP contribution in [0.5, 0.6) is 5.75 Å². The van der Waals surface area contributed by atoms with Gasteiger partial charge in [0.15, 0.2) is 6.29 Å². The van der Waals surface area contributed by atoms with E-state index in [0.717, 1.165) is 4.88 Å². The van der Waals surface area contributed by atoms with E-state index >= 15 is 0 Å². The number of thiazole rings is 1. The Morgan fingerprint density at radius 2 is 2.24 bits per heavy atom.